The van der Waals surface area contributed by atoms with Crippen LogP contribution in [-0.4, -0.2) is 33.9 Å². The van der Waals surface area contributed by atoms with Gasteiger partial charge in [0.05, 0.1) is 4.90 Å². The van der Waals surface area contributed by atoms with Gasteiger partial charge in [0, 0.05) is 12.8 Å². The Balaban J connectivity index is 2.98. The molecule has 0 amide bonds. The summed E-state index contributed by atoms with van der Waals surface area (Å²) in [6.45, 7) is 4.74. The van der Waals surface area contributed by atoms with Gasteiger partial charge in [-0.15, -0.1) is 0 Å². The third-order valence-electron chi connectivity index (χ3n) is 2.90. The van der Waals surface area contributed by atoms with Crippen molar-refractivity contribution in [3.05, 3.63) is 24.3 Å². The smallest absolute Gasteiger partial charge is 0.175 e. The molecule has 0 saturated carbocycles. The van der Waals surface area contributed by atoms with E-state index in [1.165, 1.54) is 6.26 Å². The van der Waals surface area contributed by atoms with Gasteiger partial charge in [-0.1, -0.05) is 13.0 Å². The molecule has 0 bridgehead atoms. The van der Waals surface area contributed by atoms with Gasteiger partial charge in [0.25, 0.3) is 0 Å². The van der Waals surface area contributed by atoms with Crippen molar-refractivity contribution in [2.24, 2.45) is 0 Å². The van der Waals surface area contributed by atoms with Crippen molar-refractivity contribution in [1.29, 1.82) is 0 Å². The first-order chi connectivity index (χ1) is 8.30. The van der Waals surface area contributed by atoms with E-state index in [9.17, 15) is 8.42 Å². The van der Waals surface area contributed by atoms with E-state index in [1.807, 2.05) is 20.9 Å². The summed E-state index contributed by atoms with van der Waals surface area (Å²) in [6.07, 6.45) is 2.02. The minimum Gasteiger partial charge on any atom is -0.486 e. The number of nitrogens with one attached hydrogen (secondary N) is 1. The maximum atomic E-state index is 11.5. The SMILES string of the molecule is CCC(C)(CNC)Oc1cccc(S(C)(=O)=O)c1. The van der Waals surface area contributed by atoms with Crippen molar-refractivity contribution in [3.63, 3.8) is 0 Å². The lowest BCUT2D eigenvalue weighted by Crippen LogP contribution is -2.41. The van der Waals surface area contributed by atoms with Crippen LogP contribution < -0.4 is 10.1 Å². The summed E-state index contributed by atoms with van der Waals surface area (Å²) in [4.78, 5) is 0.280. The number of sulfone groups is 1. The van der Waals surface area contributed by atoms with E-state index < -0.39 is 9.84 Å². The van der Waals surface area contributed by atoms with E-state index in [-0.39, 0.29) is 10.5 Å². The van der Waals surface area contributed by atoms with Crippen LogP contribution in [0.2, 0.25) is 0 Å². The van der Waals surface area contributed by atoms with Crippen molar-refractivity contribution < 1.29 is 13.2 Å². The first-order valence-corrected chi connectivity index (χ1v) is 7.83. The summed E-state index contributed by atoms with van der Waals surface area (Å²) in [6, 6.07) is 6.61. The molecule has 0 radical (unpaired) electrons. The molecule has 0 aliphatic heterocycles. The predicted molar refractivity (Wildman–Crippen MR) is 72.8 cm³/mol. The summed E-state index contributed by atoms with van der Waals surface area (Å²) in [5, 5.41) is 3.08. The van der Waals surface area contributed by atoms with Gasteiger partial charge in [-0.25, -0.2) is 8.42 Å². The van der Waals surface area contributed by atoms with Gasteiger partial charge in [0.2, 0.25) is 0 Å². The lowest BCUT2D eigenvalue weighted by atomic mass is 10.0. The molecule has 0 aromatic heterocycles. The normalized spacial score (nSPS) is 15.1. The molecule has 4 nitrogen and oxygen atoms in total. The van der Waals surface area contributed by atoms with Crippen LogP contribution in [0.1, 0.15) is 20.3 Å². The molecule has 18 heavy (non-hydrogen) atoms. The molecule has 0 aliphatic carbocycles. The molecule has 1 aromatic carbocycles. The first-order valence-electron chi connectivity index (χ1n) is 5.94. The average Bonchev–Trinajstić information content (AvgIpc) is 2.28. The molecule has 1 N–H and O–H groups in total. The fraction of sp³-hybridized carbons (Fsp3) is 0.538. The monoisotopic (exact) mass is 271 g/mol. The molecule has 1 unspecified atom stereocenters. The summed E-state index contributed by atoms with van der Waals surface area (Å²) >= 11 is 0. The minimum absolute atomic E-state index is 0.280. The second kappa shape index (κ2) is 5.71. The van der Waals surface area contributed by atoms with Crippen LogP contribution in [0.5, 0.6) is 5.75 Å². The Morgan fingerprint density at radius 1 is 1.39 bits per heavy atom. The fourth-order valence-corrected chi connectivity index (χ4v) is 2.32. The van der Waals surface area contributed by atoms with Crippen LogP contribution in [0.4, 0.5) is 0 Å². The Morgan fingerprint density at radius 3 is 2.56 bits per heavy atom. The highest BCUT2D eigenvalue weighted by atomic mass is 32.2. The van der Waals surface area contributed by atoms with Crippen LogP contribution in [0, 0.1) is 0 Å². The standard InChI is InChI=1S/C13H21NO3S/c1-5-13(2,10-14-3)17-11-7-6-8-12(9-11)18(4,15)16/h6-9,14H,5,10H2,1-4H3. The summed E-state index contributed by atoms with van der Waals surface area (Å²) in [5.74, 6) is 0.581. The summed E-state index contributed by atoms with van der Waals surface area (Å²) in [7, 11) is -1.33. The van der Waals surface area contributed by atoms with Gasteiger partial charge >= 0.3 is 0 Å². The van der Waals surface area contributed by atoms with E-state index in [2.05, 4.69) is 5.32 Å². The Hall–Kier alpha value is -1.07. The number of hydrogen-bond donors (Lipinski definition) is 1. The van der Waals surface area contributed by atoms with Gasteiger partial charge in [0.15, 0.2) is 9.84 Å². The molecule has 0 aliphatic rings. The van der Waals surface area contributed by atoms with E-state index in [0.29, 0.717) is 12.3 Å². The number of ether oxygens (including phenoxy) is 1. The Morgan fingerprint density at radius 2 is 2.06 bits per heavy atom. The van der Waals surface area contributed by atoms with Gasteiger partial charge in [-0.3, -0.25) is 0 Å². The lowest BCUT2D eigenvalue weighted by Gasteiger charge is -2.29. The van der Waals surface area contributed by atoms with E-state index in [4.69, 9.17) is 4.74 Å². The topological polar surface area (TPSA) is 55.4 Å². The molecule has 1 aromatic rings. The third kappa shape index (κ3) is 3.99. The van der Waals surface area contributed by atoms with Crippen molar-refractivity contribution in [3.8, 4) is 5.75 Å². The molecule has 1 atom stereocenters. The van der Waals surface area contributed by atoms with Crippen molar-refractivity contribution in [2.75, 3.05) is 19.8 Å². The van der Waals surface area contributed by atoms with E-state index in [1.54, 1.807) is 24.3 Å². The van der Waals surface area contributed by atoms with Crippen molar-refractivity contribution >= 4 is 9.84 Å². The van der Waals surface area contributed by atoms with Gasteiger partial charge in [-0.05, 0) is 38.6 Å². The highest BCUT2D eigenvalue weighted by molar-refractivity contribution is 7.90. The highest BCUT2D eigenvalue weighted by Gasteiger charge is 2.23. The minimum atomic E-state index is -3.20. The molecule has 102 valence electrons. The number of rotatable bonds is 6. The van der Waals surface area contributed by atoms with Crippen LogP contribution in [-0.2, 0) is 9.84 Å². The second-order valence-electron chi connectivity index (χ2n) is 4.68. The average molecular weight is 271 g/mol. The fourth-order valence-electron chi connectivity index (χ4n) is 1.66. The second-order valence-corrected chi connectivity index (χ2v) is 6.70. The van der Waals surface area contributed by atoms with E-state index >= 15 is 0 Å². The Labute approximate surface area is 109 Å². The van der Waals surface area contributed by atoms with Crippen LogP contribution >= 0.6 is 0 Å². The molecule has 0 spiro atoms. The van der Waals surface area contributed by atoms with Crippen molar-refractivity contribution in [1.82, 2.24) is 5.32 Å². The number of hydrogen-bond acceptors (Lipinski definition) is 4. The van der Waals surface area contributed by atoms with Crippen LogP contribution in [0.25, 0.3) is 0 Å². The summed E-state index contributed by atoms with van der Waals surface area (Å²) < 4.78 is 28.9. The molecule has 5 heteroatoms. The zero-order chi connectivity index (χ0) is 13.8. The molecule has 0 heterocycles. The Kier molecular flexibility index (Phi) is 4.76. The predicted octanol–water partition coefficient (Wildman–Crippen LogP) is 1.86. The number of likely N-dealkylation sites (N-methyl/N-ethyl adjacent to an activating group) is 1. The first kappa shape index (κ1) is 15.0. The maximum absolute atomic E-state index is 11.5. The van der Waals surface area contributed by atoms with Gasteiger partial charge in [0.1, 0.15) is 11.4 Å². The largest absolute Gasteiger partial charge is 0.486 e. The molecular formula is C13H21NO3S. The quantitative estimate of drug-likeness (QED) is 0.858. The molecule has 0 saturated heterocycles. The van der Waals surface area contributed by atoms with Crippen LogP contribution in [0.15, 0.2) is 29.2 Å². The third-order valence-corrected chi connectivity index (χ3v) is 4.01. The molecule has 1 rings (SSSR count). The van der Waals surface area contributed by atoms with Gasteiger partial charge in [-0.2, -0.15) is 0 Å². The zero-order valence-corrected chi connectivity index (χ0v) is 12.2. The lowest BCUT2D eigenvalue weighted by molar-refractivity contribution is 0.0855. The van der Waals surface area contributed by atoms with E-state index in [0.717, 1.165) is 6.42 Å². The highest BCUT2D eigenvalue weighted by Crippen LogP contribution is 2.23. The molecular weight excluding hydrogens is 250 g/mol. The van der Waals surface area contributed by atoms with Crippen LogP contribution in [0.3, 0.4) is 0 Å². The van der Waals surface area contributed by atoms with Crippen molar-refractivity contribution in [2.45, 2.75) is 30.8 Å². The summed E-state index contributed by atoms with van der Waals surface area (Å²) in [5.41, 5.74) is -0.342. The zero-order valence-electron chi connectivity index (χ0n) is 11.4. The maximum Gasteiger partial charge on any atom is 0.175 e. The number of benzene rings is 1. The molecule has 0 fully saturated rings. The van der Waals surface area contributed by atoms with Gasteiger partial charge < -0.3 is 10.1 Å². The Bertz CT molecular complexity index is 499.